The number of aromatic nitrogens is 1. The SMILES string of the molecule is COc1ccc([C@H](Cc2c(Cl)cncc2Cl)c2c(CNC(C(=O)O[C@H]3CN4CCC3CC4)c3ccccc3OC)cccc2C(=O)O)cc1OC. The molecule has 0 radical (unpaired) electrons. The number of carbonyl (C=O) groups is 2. The molecule has 0 aliphatic carbocycles. The Kier molecular flexibility index (Phi) is 11.7. The minimum atomic E-state index is -1.10. The average molecular weight is 735 g/mol. The minimum absolute atomic E-state index is 0.0964. The summed E-state index contributed by atoms with van der Waals surface area (Å²) in [5, 5.41) is 14.7. The van der Waals surface area contributed by atoms with Crippen molar-refractivity contribution < 1.29 is 33.6 Å². The first-order valence-electron chi connectivity index (χ1n) is 16.9. The zero-order chi connectivity index (χ0) is 36.1. The Balaban J connectivity index is 1.42. The number of hydrogen-bond acceptors (Lipinski definition) is 9. The molecular formula is C39H41Cl2N3O7. The van der Waals surface area contributed by atoms with Gasteiger partial charge in [0.05, 0.1) is 36.9 Å². The van der Waals surface area contributed by atoms with Gasteiger partial charge in [-0.2, -0.15) is 0 Å². The number of hydrogen-bond donors (Lipinski definition) is 2. The first kappa shape index (κ1) is 36.4. The van der Waals surface area contributed by atoms with Crippen LogP contribution >= 0.6 is 23.2 Å². The van der Waals surface area contributed by atoms with Gasteiger partial charge in [-0.15, -0.1) is 0 Å². The predicted molar refractivity (Wildman–Crippen MR) is 194 cm³/mol. The molecule has 3 aromatic carbocycles. The van der Waals surface area contributed by atoms with E-state index >= 15 is 0 Å². The first-order chi connectivity index (χ1) is 24.7. The zero-order valence-electron chi connectivity index (χ0n) is 28.7. The normalized spacial score (nSPS) is 19.2. The number of benzene rings is 3. The van der Waals surface area contributed by atoms with Gasteiger partial charge in [0.25, 0.3) is 0 Å². The van der Waals surface area contributed by atoms with Gasteiger partial charge in [0.1, 0.15) is 17.9 Å². The van der Waals surface area contributed by atoms with Crippen LogP contribution in [0.4, 0.5) is 0 Å². The third-order valence-electron chi connectivity index (χ3n) is 9.99. The molecule has 3 aliphatic heterocycles. The van der Waals surface area contributed by atoms with Crippen LogP contribution in [-0.2, 0) is 22.5 Å². The summed E-state index contributed by atoms with van der Waals surface area (Å²) in [5.74, 6) is -0.237. The second-order valence-electron chi connectivity index (χ2n) is 12.8. The molecule has 12 heteroatoms. The topological polar surface area (TPSA) is 119 Å². The molecule has 2 bridgehead atoms. The number of halogens is 2. The molecule has 0 spiro atoms. The Bertz CT molecular complexity index is 1860. The molecule has 2 N–H and O–H groups in total. The molecule has 51 heavy (non-hydrogen) atoms. The number of piperidine rings is 3. The average Bonchev–Trinajstić information content (AvgIpc) is 3.15. The monoisotopic (exact) mass is 733 g/mol. The number of aromatic carboxylic acids is 1. The molecule has 0 saturated carbocycles. The van der Waals surface area contributed by atoms with E-state index in [4.69, 9.17) is 42.1 Å². The fraction of sp³-hybridized carbons (Fsp3) is 0.359. The van der Waals surface area contributed by atoms with Gasteiger partial charge in [0.2, 0.25) is 0 Å². The fourth-order valence-corrected chi connectivity index (χ4v) is 7.88. The van der Waals surface area contributed by atoms with E-state index in [-0.39, 0.29) is 24.6 Å². The lowest BCUT2D eigenvalue weighted by molar-refractivity contribution is -0.161. The van der Waals surface area contributed by atoms with Crippen LogP contribution in [0.15, 0.2) is 73.1 Å². The number of rotatable bonds is 14. The zero-order valence-corrected chi connectivity index (χ0v) is 30.2. The molecule has 268 valence electrons. The summed E-state index contributed by atoms with van der Waals surface area (Å²) < 4.78 is 23.1. The molecule has 10 nitrogen and oxygen atoms in total. The number of carbonyl (C=O) groups excluding carboxylic acids is 1. The van der Waals surface area contributed by atoms with Crippen molar-refractivity contribution in [2.24, 2.45) is 5.92 Å². The lowest BCUT2D eigenvalue weighted by Gasteiger charge is -2.44. The summed E-state index contributed by atoms with van der Waals surface area (Å²) in [6.07, 6.45) is 5.06. The summed E-state index contributed by atoms with van der Waals surface area (Å²) in [4.78, 5) is 33.5. The third-order valence-corrected chi connectivity index (χ3v) is 10.6. The van der Waals surface area contributed by atoms with E-state index in [0.717, 1.165) is 31.5 Å². The van der Waals surface area contributed by atoms with E-state index in [1.165, 1.54) is 12.4 Å². The van der Waals surface area contributed by atoms with Gasteiger partial charge < -0.3 is 24.1 Å². The lowest BCUT2D eigenvalue weighted by atomic mass is 9.80. The number of nitrogens with one attached hydrogen (secondary N) is 1. The smallest absolute Gasteiger partial charge is 0.335 e. The number of nitrogens with zero attached hydrogens (tertiary/aromatic N) is 2. The van der Waals surface area contributed by atoms with Crippen LogP contribution in [0.1, 0.15) is 63.0 Å². The van der Waals surface area contributed by atoms with Crippen molar-refractivity contribution in [2.45, 2.75) is 43.9 Å². The molecule has 3 fully saturated rings. The number of ether oxygens (including phenoxy) is 4. The maximum absolute atomic E-state index is 14.1. The highest BCUT2D eigenvalue weighted by Crippen LogP contribution is 2.41. The molecule has 4 heterocycles. The second-order valence-corrected chi connectivity index (χ2v) is 13.6. The molecule has 4 aromatic rings. The maximum atomic E-state index is 14.1. The van der Waals surface area contributed by atoms with Gasteiger partial charge in [0, 0.05) is 37.0 Å². The van der Waals surface area contributed by atoms with Crippen LogP contribution in [0.25, 0.3) is 0 Å². The summed E-state index contributed by atoms with van der Waals surface area (Å²) in [6, 6.07) is 17.0. The lowest BCUT2D eigenvalue weighted by Crippen LogP contribution is -2.52. The summed E-state index contributed by atoms with van der Waals surface area (Å²) in [6.45, 7) is 2.88. The predicted octanol–water partition coefficient (Wildman–Crippen LogP) is 6.96. The number of esters is 1. The number of pyridine rings is 1. The van der Waals surface area contributed by atoms with Gasteiger partial charge in [-0.25, -0.2) is 9.59 Å². The van der Waals surface area contributed by atoms with E-state index < -0.39 is 23.9 Å². The number of methoxy groups -OCH3 is 3. The van der Waals surface area contributed by atoms with Crippen molar-refractivity contribution in [1.82, 2.24) is 15.2 Å². The Morgan fingerprint density at radius 1 is 0.922 bits per heavy atom. The van der Waals surface area contributed by atoms with Crippen LogP contribution in [0.5, 0.6) is 17.2 Å². The van der Waals surface area contributed by atoms with E-state index in [0.29, 0.717) is 62.0 Å². The van der Waals surface area contributed by atoms with Gasteiger partial charge in [-0.1, -0.05) is 59.6 Å². The largest absolute Gasteiger partial charge is 0.496 e. The molecule has 1 aromatic heterocycles. The van der Waals surface area contributed by atoms with Crippen molar-refractivity contribution in [2.75, 3.05) is 41.0 Å². The Morgan fingerprint density at radius 2 is 1.63 bits per heavy atom. The van der Waals surface area contributed by atoms with E-state index in [1.807, 2.05) is 36.4 Å². The summed E-state index contributed by atoms with van der Waals surface area (Å²) in [7, 11) is 4.65. The Labute approximate surface area is 307 Å². The van der Waals surface area contributed by atoms with E-state index in [1.54, 1.807) is 45.6 Å². The highest BCUT2D eigenvalue weighted by Gasteiger charge is 2.38. The molecule has 1 unspecified atom stereocenters. The molecule has 0 amide bonds. The molecule has 3 saturated heterocycles. The van der Waals surface area contributed by atoms with Crippen molar-refractivity contribution in [3.05, 3.63) is 116 Å². The third kappa shape index (κ3) is 7.94. The summed E-state index contributed by atoms with van der Waals surface area (Å²) in [5.41, 5.74) is 3.26. The van der Waals surface area contributed by atoms with Gasteiger partial charge in [0.15, 0.2) is 11.5 Å². The first-order valence-corrected chi connectivity index (χ1v) is 17.6. The van der Waals surface area contributed by atoms with Crippen molar-refractivity contribution >= 4 is 35.1 Å². The van der Waals surface area contributed by atoms with Crippen molar-refractivity contribution in [1.29, 1.82) is 0 Å². The van der Waals surface area contributed by atoms with Gasteiger partial charge in [-0.05, 0) is 84.8 Å². The number of fused-ring (bicyclic) bond motifs is 3. The summed E-state index contributed by atoms with van der Waals surface area (Å²) >= 11 is 13.3. The minimum Gasteiger partial charge on any atom is -0.496 e. The van der Waals surface area contributed by atoms with Crippen LogP contribution in [0.2, 0.25) is 10.0 Å². The Hall–Kier alpha value is -4.35. The van der Waals surface area contributed by atoms with Crippen molar-refractivity contribution in [3.63, 3.8) is 0 Å². The van der Waals surface area contributed by atoms with Gasteiger partial charge >= 0.3 is 11.9 Å². The molecule has 3 atom stereocenters. The molecule has 7 rings (SSSR count). The van der Waals surface area contributed by atoms with E-state index in [2.05, 4.69) is 15.2 Å². The van der Waals surface area contributed by atoms with Crippen LogP contribution in [0, 0.1) is 5.92 Å². The van der Waals surface area contributed by atoms with Crippen LogP contribution in [-0.4, -0.2) is 74.0 Å². The number of para-hydroxylation sites is 1. The molecule has 3 aliphatic rings. The van der Waals surface area contributed by atoms with Crippen LogP contribution < -0.4 is 19.5 Å². The highest BCUT2D eigenvalue weighted by molar-refractivity contribution is 6.35. The standard InChI is InChI=1S/C39H41Cl2N3O7/c1-48-32-10-5-4-8-26(32)37(39(47)51-35-22-44-15-13-23(35)14-16-44)43-19-25-7-6-9-27(38(45)46)36(25)28(18-29-30(40)20-42-21-31(29)41)24-11-12-33(49-2)34(17-24)50-3/h4-12,17,20-21,23,28,35,37,43H,13-16,18-19,22H2,1-3H3,(H,45,46)/t28-,35-,37?/m0/s1. The number of carboxylic acids is 1. The van der Waals surface area contributed by atoms with Crippen LogP contribution in [0.3, 0.4) is 0 Å². The fourth-order valence-electron chi connectivity index (χ4n) is 7.36. The quantitative estimate of drug-likeness (QED) is 0.132. The maximum Gasteiger partial charge on any atom is 0.335 e. The Morgan fingerprint density at radius 3 is 2.27 bits per heavy atom. The molecular weight excluding hydrogens is 693 g/mol. The van der Waals surface area contributed by atoms with Gasteiger partial charge in [-0.3, -0.25) is 15.2 Å². The van der Waals surface area contributed by atoms with Crippen molar-refractivity contribution in [3.8, 4) is 17.2 Å². The number of carboxylic acid groups (broad SMARTS) is 1. The second kappa shape index (κ2) is 16.3. The van der Waals surface area contributed by atoms with E-state index in [9.17, 15) is 14.7 Å². The highest BCUT2D eigenvalue weighted by atomic mass is 35.5.